The third-order valence-corrected chi connectivity index (χ3v) is 3.20. The Kier molecular flexibility index (Phi) is 5.17. The van der Waals surface area contributed by atoms with Gasteiger partial charge in [0.05, 0.1) is 10.6 Å². The molecule has 0 aliphatic heterocycles. The fourth-order valence-corrected chi connectivity index (χ4v) is 1.93. The highest BCUT2D eigenvalue weighted by Crippen LogP contribution is 2.20. The maximum absolute atomic E-state index is 12.0. The second-order valence-corrected chi connectivity index (χ2v) is 5.71. The number of amides is 1. The van der Waals surface area contributed by atoms with E-state index in [0.717, 1.165) is 5.56 Å². The zero-order valence-electron chi connectivity index (χ0n) is 11.1. The molecule has 0 fully saturated rings. The van der Waals surface area contributed by atoms with Crippen LogP contribution in [0, 0.1) is 12.3 Å². The van der Waals surface area contributed by atoms with E-state index in [-0.39, 0.29) is 17.9 Å². The van der Waals surface area contributed by atoms with Gasteiger partial charge in [-0.25, -0.2) is 0 Å². The van der Waals surface area contributed by atoms with E-state index in [1.54, 1.807) is 12.1 Å². The van der Waals surface area contributed by atoms with Gasteiger partial charge in [0.2, 0.25) is 0 Å². The first-order valence-corrected chi connectivity index (χ1v) is 6.39. The molecule has 0 saturated carbocycles. The van der Waals surface area contributed by atoms with Crippen LogP contribution in [0.3, 0.4) is 0 Å². The molecule has 0 aliphatic rings. The molecule has 1 amide bonds. The van der Waals surface area contributed by atoms with Crippen LogP contribution in [0.5, 0.6) is 0 Å². The molecule has 100 valence electrons. The third-order valence-electron chi connectivity index (χ3n) is 2.89. The van der Waals surface area contributed by atoms with Crippen LogP contribution < -0.4 is 5.32 Å². The molecular weight excluding hydrogens is 250 g/mol. The summed E-state index contributed by atoms with van der Waals surface area (Å²) in [5, 5.41) is 12.2. The Morgan fingerprint density at radius 2 is 2.11 bits per heavy atom. The zero-order chi connectivity index (χ0) is 13.8. The molecule has 4 heteroatoms. The van der Waals surface area contributed by atoms with E-state index in [2.05, 4.69) is 5.32 Å². The van der Waals surface area contributed by atoms with Crippen LogP contribution in [-0.4, -0.2) is 24.2 Å². The first-order valence-electron chi connectivity index (χ1n) is 6.01. The van der Waals surface area contributed by atoms with Crippen LogP contribution in [0.25, 0.3) is 0 Å². The van der Waals surface area contributed by atoms with Gasteiger partial charge >= 0.3 is 0 Å². The van der Waals surface area contributed by atoms with Crippen LogP contribution in [0.15, 0.2) is 18.2 Å². The van der Waals surface area contributed by atoms with Crippen molar-refractivity contribution >= 4 is 17.5 Å². The van der Waals surface area contributed by atoms with E-state index >= 15 is 0 Å². The molecule has 0 heterocycles. The fraction of sp³-hybridized carbons (Fsp3) is 0.500. The van der Waals surface area contributed by atoms with Crippen molar-refractivity contribution in [1.29, 1.82) is 0 Å². The highest BCUT2D eigenvalue weighted by molar-refractivity contribution is 6.33. The summed E-state index contributed by atoms with van der Waals surface area (Å²) in [4.78, 5) is 12.0. The maximum atomic E-state index is 12.0. The summed E-state index contributed by atoms with van der Waals surface area (Å²) in [6.45, 7) is 6.56. The first kappa shape index (κ1) is 15.0. The molecule has 0 bridgehead atoms. The number of hydrogen-bond acceptors (Lipinski definition) is 2. The summed E-state index contributed by atoms with van der Waals surface area (Å²) in [6, 6.07) is 5.36. The predicted octanol–water partition coefficient (Wildman–Crippen LogP) is 2.79. The summed E-state index contributed by atoms with van der Waals surface area (Å²) >= 11 is 6.03. The molecule has 0 atom stereocenters. The van der Waals surface area contributed by atoms with Crippen molar-refractivity contribution in [2.24, 2.45) is 5.41 Å². The van der Waals surface area contributed by atoms with Crippen LogP contribution >= 0.6 is 11.6 Å². The van der Waals surface area contributed by atoms with Gasteiger partial charge in [0.1, 0.15) is 0 Å². The van der Waals surface area contributed by atoms with Crippen molar-refractivity contribution in [1.82, 2.24) is 5.32 Å². The Morgan fingerprint density at radius 1 is 1.44 bits per heavy atom. The predicted molar refractivity (Wildman–Crippen MR) is 74.0 cm³/mol. The van der Waals surface area contributed by atoms with Gasteiger partial charge in [-0.15, -0.1) is 0 Å². The molecule has 2 N–H and O–H groups in total. The van der Waals surface area contributed by atoms with Crippen molar-refractivity contribution in [3.63, 3.8) is 0 Å². The highest BCUT2D eigenvalue weighted by Gasteiger charge is 2.19. The monoisotopic (exact) mass is 269 g/mol. The average molecular weight is 270 g/mol. The lowest BCUT2D eigenvalue weighted by atomic mass is 9.89. The van der Waals surface area contributed by atoms with Gasteiger partial charge in [0.25, 0.3) is 5.91 Å². The molecule has 0 aliphatic carbocycles. The Hall–Kier alpha value is -1.06. The first-order chi connectivity index (χ1) is 8.35. The normalized spacial score (nSPS) is 11.4. The second-order valence-electron chi connectivity index (χ2n) is 5.30. The Balaban J connectivity index is 2.66. The highest BCUT2D eigenvalue weighted by atomic mass is 35.5. The lowest BCUT2D eigenvalue weighted by Gasteiger charge is -2.23. The van der Waals surface area contributed by atoms with Crippen molar-refractivity contribution in [3.05, 3.63) is 34.3 Å². The number of aryl methyl sites for hydroxylation is 1. The van der Waals surface area contributed by atoms with Gasteiger partial charge in [-0.1, -0.05) is 31.5 Å². The molecule has 0 unspecified atom stereocenters. The number of benzene rings is 1. The van der Waals surface area contributed by atoms with Crippen LogP contribution in [0.1, 0.15) is 36.2 Å². The number of carbonyl (C=O) groups is 1. The number of nitrogens with one attached hydrogen (secondary N) is 1. The molecule has 18 heavy (non-hydrogen) atoms. The minimum Gasteiger partial charge on any atom is -0.396 e. The van der Waals surface area contributed by atoms with E-state index in [4.69, 9.17) is 16.7 Å². The van der Waals surface area contributed by atoms with Crippen LogP contribution in [0.4, 0.5) is 0 Å². The summed E-state index contributed by atoms with van der Waals surface area (Å²) in [5.41, 5.74) is 1.39. The van der Waals surface area contributed by atoms with Crippen LogP contribution in [0.2, 0.25) is 5.02 Å². The number of aliphatic hydroxyl groups excluding tert-OH is 1. The van der Waals surface area contributed by atoms with Gasteiger partial charge < -0.3 is 10.4 Å². The van der Waals surface area contributed by atoms with Gasteiger partial charge in [-0.05, 0) is 36.5 Å². The minimum atomic E-state index is -0.175. The maximum Gasteiger partial charge on any atom is 0.252 e. The molecule has 1 rings (SSSR count). The number of carbonyl (C=O) groups excluding carboxylic acids is 1. The molecule has 0 spiro atoms. The van der Waals surface area contributed by atoms with Gasteiger partial charge in [-0.3, -0.25) is 4.79 Å². The number of hydrogen-bond donors (Lipinski definition) is 2. The minimum absolute atomic E-state index is 0.119. The van der Waals surface area contributed by atoms with Crippen LogP contribution in [-0.2, 0) is 0 Å². The zero-order valence-corrected chi connectivity index (χ0v) is 11.8. The smallest absolute Gasteiger partial charge is 0.252 e. The topological polar surface area (TPSA) is 49.3 Å². The second kappa shape index (κ2) is 6.21. The van der Waals surface area contributed by atoms with E-state index in [1.165, 1.54) is 0 Å². The largest absolute Gasteiger partial charge is 0.396 e. The van der Waals surface area contributed by atoms with E-state index < -0.39 is 0 Å². The molecule has 0 saturated heterocycles. The van der Waals surface area contributed by atoms with Gasteiger partial charge in [0, 0.05) is 13.2 Å². The number of rotatable bonds is 5. The van der Waals surface area contributed by atoms with Crippen molar-refractivity contribution < 1.29 is 9.90 Å². The Labute approximate surface area is 113 Å². The molecule has 0 radical (unpaired) electrons. The lowest BCUT2D eigenvalue weighted by Crippen LogP contribution is -2.34. The molecule has 1 aromatic carbocycles. The molecule has 3 nitrogen and oxygen atoms in total. The molecule has 0 aromatic heterocycles. The molecular formula is C14H20ClNO2. The van der Waals surface area contributed by atoms with E-state index in [1.807, 2.05) is 26.8 Å². The molecule has 1 aromatic rings. The summed E-state index contributed by atoms with van der Waals surface area (Å²) in [7, 11) is 0. The van der Waals surface area contributed by atoms with Crippen molar-refractivity contribution in [2.75, 3.05) is 13.2 Å². The number of aliphatic hydroxyl groups is 1. The quantitative estimate of drug-likeness (QED) is 0.864. The fourth-order valence-electron chi connectivity index (χ4n) is 1.61. The SMILES string of the molecule is Cc1ccc(C(=O)NCC(C)(C)CCO)c(Cl)c1. The van der Waals surface area contributed by atoms with Crippen molar-refractivity contribution in [3.8, 4) is 0 Å². The van der Waals surface area contributed by atoms with Gasteiger partial charge in [0.15, 0.2) is 0 Å². The van der Waals surface area contributed by atoms with E-state index in [9.17, 15) is 4.79 Å². The summed E-state index contributed by atoms with van der Waals surface area (Å²) < 4.78 is 0. The Bertz CT molecular complexity index is 430. The van der Waals surface area contributed by atoms with Crippen molar-refractivity contribution in [2.45, 2.75) is 27.2 Å². The summed E-state index contributed by atoms with van der Waals surface area (Å²) in [5.74, 6) is -0.175. The number of halogens is 1. The summed E-state index contributed by atoms with van der Waals surface area (Å²) in [6.07, 6.45) is 0.648. The van der Waals surface area contributed by atoms with Gasteiger partial charge in [-0.2, -0.15) is 0 Å². The standard InChI is InChI=1S/C14H20ClNO2/c1-10-4-5-11(12(15)8-10)13(18)16-9-14(2,3)6-7-17/h4-5,8,17H,6-7,9H2,1-3H3,(H,16,18). The Morgan fingerprint density at radius 3 is 2.67 bits per heavy atom. The lowest BCUT2D eigenvalue weighted by molar-refractivity contribution is 0.0928. The third kappa shape index (κ3) is 4.31. The average Bonchev–Trinajstić information content (AvgIpc) is 2.26. The van der Waals surface area contributed by atoms with E-state index in [0.29, 0.717) is 23.6 Å².